The Balaban J connectivity index is 1.71. The molecule has 1 spiro atoms. The fourth-order valence-electron chi connectivity index (χ4n) is 6.71. The van der Waals surface area contributed by atoms with Gasteiger partial charge in [-0.25, -0.2) is 0 Å². The lowest BCUT2D eigenvalue weighted by Crippen LogP contribution is -2.57. The molecular formula is C31H42BrN3O5S. The van der Waals surface area contributed by atoms with E-state index in [-0.39, 0.29) is 41.6 Å². The van der Waals surface area contributed by atoms with Crippen molar-refractivity contribution in [2.75, 3.05) is 42.6 Å². The number of ether oxygens (including phenoxy) is 1. The van der Waals surface area contributed by atoms with Gasteiger partial charge in [0.25, 0.3) is 5.91 Å². The van der Waals surface area contributed by atoms with Crippen LogP contribution >= 0.6 is 27.7 Å². The average molecular weight is 649 g/mol. The van der Waals surface area contributed by atoms with Crippen molar-refractivity contribution in [3.05, 3.63) is 49.6 Å². The van der Waals surface area contributed by atoms with Crippen LogP contribution in [-0.4, -0.2) is 87.5 Å². The van der Waals surface area contributed by atoms with Crippen LogP contribution in [0.15, 0.2) is 49.6 Å². The molecule has 3 aliphatic rings. The van der Waals surface area contributed by atoms with E-state index in [1.54, 1.807) is 40.6 Å². The van der Waals surface area contributed by atoms with Gasteiger partial charge in [0.2, 0.25) is 5.91 Å². The first-order valence-electron chi connectivity index (χ1n) is 14.5. The van der Waals surface area contributed by atoms with E-state index in [1.165, 1.54) is 0 Å². The summed E-state index contributed by atoms with van der Waals surface area (Å²) < 4.78 is 4.83. The number of esters is 1. The fraction of sp³-hybridized carbons (Fsp3) is 0.581. The van der Waals surface area contributed by atoms with Crippen molar-refractivity contribution >= 4 is 56.9 Å². The van der Waals surface area contributed by atoms with Gasteiger partial charge in [-0.2, -0.15) is 0 Å². The van der Waals surface area contributed by atoms with Crippen LogP contribution in [0, 0.1) is 11.8 Å². The quantitative estimate of drug-likeness (QED) is 0.138. The first-order chi connectivity index (χ1) is 19.7. The van der Waals surface area contributed by atoms with Gasteiger partial charge in [-0.05, 0) is 64.3 Å². The monoisotopic (exact) mass is 647 g/mol. The lowest BCUT2D eigenvalue weighted by atomic mass is 9.71. The molecule has 3 heterocycles. The number of carbonyl (C=O) groups is 3. The van der Waals surface area contributed by atoms with Crippen LogP contribution in [0.2, 0.25) is 0 Å². The van der Waals surface area contributed by atoms with E-state index in [2.05, 4.69) is 47.8 Å². The number of aliphatic hydroxyl groups excluding tert-OH is 1. The second kappa shape index (κ2) is 13.3. The van der Waals surface area contributed by atoms with Gasteiger partial charge in [-0.3, -0.25) is 14.4 Å². The minimum Gasteiger partial charge on any atom is -0.465 e. The number of allylic oxidation sites excluding steroid dienone is 1. The van der Waals surface area contributed by atoms with Crippen molar-refractivity contribution in [3.8, 4) is 0 Å². The normalized spacial score (nSPS) is 28.8. The van der Waals surface area contributed by atoms with E-state index in [4.69, 9.17) is 4.74 Å². The number of hydrogen-bond donors (Lipinski definition) is 1. The fourth-order valence-corrected chi connectivity index (χ4v) is 10.3. The topological polar surface area (TPSA) is 90.4 Å². The Labute approximate surface area is 256 Å². The second-order valence-corrected chi connectivity index (χ2v) is 13.7. The molecule has 224 valence electrons. The van der Waals surface area contributed by atoms with Gasteiger partial charge in [-0.1, -0.05) is 28.1 Å². The number of rotatable bonds is 14. The van der Waals surface area contributed by atoms with Crippen LogP contribution in [0.5, 0.6) is 0 Å². The lowest BCUT2D eigenvalue weighted by molar-refractivity contribution is -0.154. The Kier molecular flexibility index (Phi) is 10.3. The summed E-state index contributed by atoms with van der Waals surface area (Å²) in [4.78, 5) is 47.6. The minimum atomic E-state index is -0.849. The maximum Gasteiger partial charge on any atom is 0.310 e. The summed E-state index contributed by atoms with van der Waals surface area (Å²) in [6, 6.07) is 6.42. The van der Waals surface area contributed by atoms with E-state index in [1.807, 2.05) is 24.3 Å². The largest absolute Gasteiger partial charge is 0.465 e. The number of unbranched alkanes of at least 4 members (excludes halogenated alkanes) is 1. The molecule has 1 aromatic carbocycles. The van der Waals surface area contributed by atoms with Crippen molar-refractivity contribution in [1.29, 1.82) is 0 Å². The number of nitrogens with zero attached hydrogens (tertiary/aromatic N) is 3. The summed E-state index contributed by atoms with van der Waals surface area (Å²) in [7, 11) is 0. The van der Waals surface area contributed by atoms with E-state index >= 15 is 0 Å². The summed E-state index contributed by atoms with van der Waals surface area (Å²) >= 11 is 5.34. The van der Waals surface area contributed by atoms with Crippen LogP contribution in [0.1, 0.15) is 40.0 Å². The summed E-state index contributed by atoms with van der Waals surface area (Å²) in [5.74, 6) is -2.25. The average Bonchev–Trinajstić information content (AvgIpc) is 3.57. The van der Waals surface area contributed by atoms with Gasteiger partial charge in [0.1, 0.15) is 6.04 Å². The number of carbonyl (C=O) groups excluding carboxylic acids is 3. The SMILES string of the molecule is C=CCCCOC(=O)[C@H]1[C@H]2C(=O)N([C@H](C)CO)C(C(=O)N(CC=C)c3ccc(N(CC)CC)cc3)C23CC(Br)[C@@H]1S3. The predicted molar refractivity (Wildman–Crippen MR) is 169 cm³/mol. The Morgan fingerprint density at radius 1 is 1.22 bits per heavy atom. The Morgan fingerprint density at radius 2 is 1.88 bits per heavy atom. The number of anilines is 2. The molecule has 0 radical (unpaired) electrons. The number of fused-ring (bicyclic) bond motifs is 1. The highest BCUT2D eigenvalue weighted by atomic mass is 79.9. The molecule has 8 nitrogen and oxygen atoms in total. The van der Waals surface area contributed by atoms with Crippen LogP contribution in [-0.2, 0) is 19.1 Å². The molecule has 3 unspecified atom stereocenters. The summed E-state index contributed by atoms with van der Waals surface area (Å²) in [6.07, 6.45) is 5.42. The van der Waals surface area contributed by atoms with Crippen LogP contribution < -0.4 is 9.80 Å². The molecule has 10 heteroatoms. The first kappa shape index (κ1) is 31.6. The highest BCUT2D eigenvalue weighted by molar-refractivity contribution is 9.09. The van der Waals surface area contributed by atoms with Crippen LogP contribution in [0.4, 0.5) is 11.4 Å². The maximum absolute atomic E-state index is 14.6. The zero-order valence-electron chi connectivity index (χ0n) is 24.2. The third-order valence-electron chi connectivity index (χ3n) is 8.64. The molecule has 41 heavy (non-hydrogen) atoms. The molecule has 0 aliphatic carbocycles. The number of amides is 2. The van der Waals surface area contributed by atoms with E-state index in [0.717, 1.165) is 25.2 Å². The molecule has 3 aliphatic heterocycles. The summed E-state index contributed by atoms with van der Waals surface area (Å²) in [6.45, 7) is 15.5. The van der Waals surface area contributed by atoms with E-state index in [0.29, 0.717) is 18.5 Å². The number of hydrogen-bond acceptors (Lipinski definition) is 7. The van der Waals surface area contributed by atoms with Gasteiger partial charge in [0.05, 0.1) is 35.8 Å². The predicted octanol–water partition coefficient (Wildman–Crippen LogP) is 4.41. The van der Waals surface area contributed by atoms with Gasteiger partial charge < -0.3 is 24.5 Å². The molecule has 0 aromatic heterocycles. The Morgan fingerprint density at radius 3 is 2.46 bits per heavy atom. The number of alkyl halides is 1. The second-order valence-electron chi connectivity index (χ2n) is 11.0. The van der Waals surface area contributed by atoms with Crippen LogP contribution in [0.25, 0.3) is 0 Å². The molecule has 2 amide bonds. The van der Waals surface area contributed by atoms with Gasteiger partial charge in [0, 0.05) is 41.1 Å². The van der Waals surface area contributed by atoms with E-state index in [9.17, 15) is 19.5 Å². The van der Waals surface area contributed by atoms with Crippen molar-refractivity contribution < 1.29 is 24.2 Å². The lowest BCUT2D eigenvalue weighted by Gasteiger charge is -2.39. The third kappa shape index (κ3) is 5.59. The highest BCUT2D eigenvalue weighted by Crippen LogP contribution is 2.68. The molecule has 7 atom stereocenters. The summed E-state index contributed by atoms with van der Waals surface area (Å²) in [5, 5.41) is 9.99. The van der Waals surface area contributed by atoms with Crippen molar-refractivity contribution in [1.82, 2.24) is 4.90 Å². The van der Waals surface area contributed by atoms with Crippen molar-refractivity contribution in [2.24, 2.45) is 11.8 Å². The molecular weight excluding hydrogens is 606 g/mol. The number of thioether (sulfide) groups is 1. The molecule has 3 saturated heterocycles. The molecule has 1 N–H and O–H groups in total. The standard InChI is InChI=1S/C31H42BrN3O5S/c1-6-10-11-17-40-30(39)24-25-28(37)35(20(5)19-36)27(31(25)18-23(32)26(24)41-31)29(38)34(16-7-2)22-14-12-21(13-15-22)33(8-3)9-4/h6-7,12-15,20,23-27,36H,1-2,8-11,16-19H2,3-5H3/t20-,23?,24+,25+,26+,27?,31?/m1/s1. The Bertz CT molecular complexity index is 1150. The highest BCUT2D eigenvalue weighted by Gasteiger charge is 2.76. The number of benzene rings is 1. The summed E-state index contributed by atoms with van der Waals surface area (Å²) in [5.41, 5.74) is 1.78. The number of aliphatic hydroxyl groups is 1. The molecule has 2 bridgehead atoms. The van der Waals surface area contributed by atoms with Crippen molar-refractivity contribution in [3.63, 3.8) is 0 Å². The zero-order valence-corrected chi connectivity index (χ0v) is 26.6. The van der Waals surface area contributed by atoms with Gasteiger partial charge in [0.15, 0.2) is 0 Å². The van der Waals surface area contributed by atoms with Crippen LogP contribution in [0.3, 0.4) is 0 Å². The molecule has 0 saturated carbocycles. The molecule has 1 aromatic rings. The molecule has 3 fully saturated rings. The van der Waals surface area contributed by atoms with Gasteiger partial charge in [-0.15, -0.1) is 24.9 Å². The smallest absolute Gasteiger partial charge is 0.310 e. The maximum atomic E-state index is 14.6. The number of likely N-dealkylation sites (tertiary alicyclic amines) is 1. The zero-order chi connectivity index (χ0) is 29.9. The minimum absolute atomic E-state index is 0.0526. The third-order valence-corrected chi connectivity index (χ3v) is 11.9. The van der Waals surface area contributed by atoms with Gasteiger partial charge >= 0.3 is 5.97 Å². The first-order valence-corrected chi connectivity index (χ1v) is 16.3. The Hall–Kier alpha value is -2.30. The number of halogens is 1. The molecule has 4 rings (SSSR count). The van der Waals surface area contributed by atoms with Crippen molar-refractivity contribution in [2.45, 2.75) is 66.9 Å². The van der Waals surface area contributed by atoms with E-state index < -0.39 is 34.6 Å².